The number of carbonyl (C=O) groups excluding carboxylic acids is 1. The number of nitrogens with zero attached hydrogens (tertiary/aromatic N) is 3. The van der Waals surface area contributed by atoms with E-state index in [0.717, 1.165) is 37.6 Å². The van der Waals surface area contributed by atoms with Gasteiger partial charge < -0.3 is 16.0 Å². The van der Waals surface area contributed by atoms with Gasteiger partial charge >= 0.3 is 0 Å². The Labute approximate surface area is 145 Å². The highest BCUT2D eigenvalue weighted by molar-refractivity contribution is 5.81. The Hall–Kier alpha value is -2.05. The van der Waals surface area contributed by atoms with Crippen LogP contribution in [-0.2, 0) is 11.3 Å². The second-order valence-corrected chi connectivity index (χ2v) is 6.06. The van der Waals surface area contributed by atoms with Gasteiger partial charge in [-0.15, -0.1) is 0 Å². The quantitative estimate of drug-likeness (QED) is 0.361. The van der Waals surface area contributed by atoms with Crippen molar-refractivity contribution in [1.29, 1.82) is 0 Å². The lowest BCUT2D eigenvalue weighted by Crippen LogP contribution is -2.40. The molecule has 136 valence electrons. The maximum atomic E-state index is 11.7. The number of rotatable bonds is 9. The van der Waals surface area contributed by atoms with Gasteiger partial charge in [0.15, 0.2) is 5.96 Å². The van der Waals surface area contributed by atoms with E-state index in [2.05, 4.69) is 46.0 Å². The molecule has 1 amide bonds. The number of aryl methyl sites for hydroxylation is 3. The summed E-state index contributed by atoms with van der Waals surface area (Å²) in [5, 5.41) is 13.8. The van der Waals surface area contributed by atoms with Gasteiger partial charge in [0.05, 0.1) is 5.69 Å². The molecule has 7 heteroatoms. The van der Waals surface area contributed by atoms with E-state index in [-0.39, 0.29) is 11.9 Å². The third-order valence-corrected chi connectivity index (χ3v) is 3.83. The zero-order valence-electron chi connectivity index (χ0n) is 15.6. The van der Waals surface area contributed by atoms with Gasteiger partial charge in [0.1, 0.15) is 0 Å². The van der Waals surface area contributed by atoms with Crippen LogP contribution < -0.4 is 16.0 Å². The molecule has 0 aliphatic rings. The van der Waals surface area contributed by atoms with E-state index in [1.165, 1.54) is 5.69 Å². The summed E-state index contributed by atoms with van der Waals surface area (Å²) in [6, 6.07) is 2.31. The summed E-state index contributed by atoms with van der Waals surface area (Å²) >= 11 is 0. The Morgan fingerprint density at radius 3 is 2.62 bits per heavy atom. The second-order valence-electron chi connectivity index (χ2n) is 6.06. The Bertz CT molecular complexity index is 537. The van der Waals surface area contributed by atoms with E-state index in [1.807, 2.05) is 18.5 Å². The molecule has 1 unspecified atom stereocenters. The highest BCUT2D eigenvalue weighted by Crippen LogP contribution is 2.02. The van der Waals surface area contributed by atoms with Crippen LogP contribution in [0.2, 0.25) is 0 Å². The first-order chi connectivity index (χ1) is 11.5. The van der Waals surface area contributed by atoms with Crippen LogP contribution in [0, 0.1) is 13.8 Å². The van der Waals surface area contributed by atoms with Gasteiger partial charge in [-0.3, -0.25) is 14.5 Å². The Morgan fingerprint density at radius 1 is 1.33 bits per heavy atom. The lowest BCUT2D eigenvalue weighted by atomic mass is 10.2. The van der Waals surface area contributed by atoms with Crippen LogP contribution in [0.25, 0.3) is 0 Å². The first-order valence-electron chi connectivity index (χ1n) is 8.71. The van der Waals surface area contributed by atoms with Crippen molar-refractivity contribution in [3.8, 4) is 0 Å². The van der Waals surface area contributed by atoms with E-state index >= 15 is 0 Å². The molecule has 0 saturated heterocycles. The minimum Gasteiger partial charge on any atom is -0.356 e. The van der Waals surface area contributed by atoms with Crippen molar-refractivity contribution in [2.45, 2.75) is 59.5 Å². The minimum absolute atomic E-state index is 0.0665. The normalized spacial score (nSPS) is 12.8. The predicted molar refractivity (Wildman–Crippen MR) is 98.2 cm³/mol. The molecule has 1 atom stereocenters. The van der Waals surface area contributed by atoms with Crippen LogP contribution in [0.5, 0.6) is 0 Å². The number of carbonyl (C=O) groups is 1. The molecule has 0 aromatic carbocycles. The molecule has 7 nitrogen and oxygen atoms in total. The molecule has 0 spiro atoms. The summed E-state index contributed by atoms with van der Waals surface area (Å²) < 4.78 is 2.02. The van der Waals surface area contributed by atoms with Gasteiger partial charge in [-0.05, 0) is 39.7 Å². The number of aliphatic imine (C=N–C) groups is 1. The number of aromatic nitrogens is 2. The predicted octanol–water partition coefficient (Wildman–Crippen LogP) is 1.36. The molecule has 0 bridgehead atoms. The Balaban J connectivity index is 2.19. The number of guanidine groups is 1. The van der Waals surface area contributed by atoms with Crippen molar-refractivity contribution >= 4 is 11.9 Å². The zero-order valence-corrected chi connectivity index (χ0v) is 15.6. The molecule has 0 saturated carbocycles. The van der Waals surface area contributed by atoms with E-state index in [4.69, 9.17) is 0 Å². The second kappa shape index (κ2) is 10.7. The van der Waals surface area contributed by atoms with Crippen molar-refractivity contribution in [2.75, 3.05) is 20.1 Å². The molecule has 1 rings (SSSR count). The largest absolute Gasteiger partial charge is 0.356 e. The molecule has 0 aliphatic carbocycles. The first-order valence-corrected chi connectivity index (χ1v) is 8.71. The number of hydrogen-bond acceptors (Lipinski definition) is 3. The van der Waals surface area contributed by atoms with Gasteiger partial charge in [-0.1, -0.05) is 6.92 Å². The number of amides is 1. The molecule has 0 fully saturated rings. The highest BCUT2D eigenvalue weighted by Gasteiger charge is 2.06. The van der Waals surface area contributed by atoms with Crippen molar-refractivity contribution < 1.29 is 4.79 Å². The molecule has 0 aliphatic heterocycles. The highest BCUT2D eigenvalue weighted by atomic mass is 16.1. The van der Waals surface area contributed by atoms with Crippen LogP contribution in [0.4, 0.5) is 0 Å². The first kappa shape index (κ1) is 20.0. The third kappa shape index (κ3) is 7.48. The van der Waals surface area contributed by atoms with Crippen molar-refractivity contribution in [1.82, 2.24) is 25.7 Å². The summed E-state index contributed by atoms with van der Waals surface area (Å²) in [4.78, 5) is 15.9. The molecule has 3 N–H and O–H groups in total. The number of nitrogens with one attached hydrogen (secondary N) is 3. The molecular weight excluding hydrogens is 304 g/mol. The molecule has 0 radical (unpaired) electrons. The zero-order chi connectivity index (χ0) is 17.9. The summed E-state index contributed by atoms with van der Waals surface area (Å²) in [5.41, 5.74) is 2.23. The smallest absolute Gasteiger partial charge is 0.221 e. The fraction of sp³-hybridized carbons (Fsp3) is 0.706. The summed E-state index contributed by atoms with van der Waals surface area (Å²) in [6.07, 6.45) is 2.34. The molecular formula is C17H32N6O. The van der Waals surface area contributed by atoms with Crippen molar-refractivity contribution in [2.24, 2.45) is 4.99 Å². The SMILES string of the molecule is CCC(C)NC(=O)CCNC(=NC)NCCCn1nc(C)cc1C. The molecule has 24 heavy (non-hydrogen) atoms. The van der Waals surface area contributed by atoms with Crippen molar-refractivity contribution in [3.05, 3.63) is 17.5 Å². The van der Waals surface area contributed by atoms with Crippen LogP contribution in [-0.4, -0.2) is 47.8 Å². The van der Waals surface area contributed by atoms with Crippen LogP contribution in [0.1, 0.15) is 44.5 Å². The number of hydrogen-bond donors (Lipinski definition) is 3. The average molecular weight is 336 g/mol. The summed E-state index contributed by atoms with van der Waals surface area (Å²) in [5.74, 6) is 0.788. The lowest BCUT2D eigenvalue weighted by Gasteiger charge is -2.14. The van der Waals surface area contributed by atoms with Gasteiger partial charge in [-0.25, -0.2) is 0 Å². The van der Waals surface area contributed by atoms with Crippen LogP contribution in [0.3, 0.4) is 0 Å². The summed E-state index contributed by atoms with van der Waals surface area (Å²) in [7, 11) is 1.73. The maximum Gasteiger partial charge on any atom is 0.221 e. The Morgan fingerprint density at radius 2 is 2.04 bits per heavy atom. The topological polar surface area (TPSA) is 83.3 Å². The molecule has 1 aromatic rings. The summed E-state index contributed by atoms with van der Waals surface area (Å²) in [6.45, 7) is 10.4. The fourth-order valence-corrected chi connectivity index (χ4v) is 2.30. The standard InChI is InChI=1S/C17H32N6O/c1-6-13(2)21-16(24)8-10-20-17(18-5)19-9-7-11-23-15(4)12-14(3)22-23/h12-13H,6-11H2,1-5H3,(H,21,24)(H2,18,19,20). The van der Waals surface area contributed by atoms with E-state index in [1.54, 1.807) is 7.05 Å². The maximum absolute atomic E-state index is 11.7. The van der Waals surface area contributed by atoms with Gasteiger partial charge in [0.2, 0.25) is 5.91 Å². The van der Waals surface area contributed by atoms with Crippen LogP contribution >= 0.6 is 0 Å². The molecule has 1 aromatic heterocycles. The van der Waals surface area contributed by atoms with E-state index in [0.29, 0.717) is 13.0 Å². The average Bonchev–Trinajstić information content (AvgIpc) is 2.87. The van der Waals surface area contributed by atoms with Crippen molar-refractivity contribution in [3.63, 3.8) is 0 Å². The van der Waals surface area contributed by atoms with E-state index in [9.17, 15) is 4.79 Å². The fourth-order valence-electron chi connectivity index (χ4n) is 2.30. The van der Waals surface area contributed by atoms with Gasteiger partial charge in [-0.2, -0.15) is 5.10 Å². The lowest BCUT2D eigenvalue weighted by molar-refractivity contribution is -0.121. The minimum atomic E-state index is 0.0665. The van der Waals surface area contributed by atoms with E-state index < -0.39 is 0 Å². The van der Waals surface area contributed by atoms with Crippen LogP contribution in [0.15, 0.2) is 11.1 Å². The Kier molecular flexibility index (Phi) is 8.89. The molecule has 1 heterocycles. The van der Waals surface area contributed by atoms with Gasteiger partial charge in [0.25, 0.3) is 0 Å². The van der Waals surface area contributed by atoms with Gasteiger partial charge in [0, 0.05) is 44.8 Å². The monoisotopic (exact) mass is 336 g/mol. The third-order valence-electron chi connectivity index (χ3n) is 3.83.